The highest BCUT2D eigenvalue weighted by molar-refractivity contribution is 9.10. The van der Waals surface area contributed by atoms with Crippen molar-refractivity contribution in [2.24, 2.45) is 0 Å². The van der Waals surface area contributed by atoms with E-state index < -0.39 is 11.6 Å². The van der Waals surface area contributed by atoms with Gasteiger partial charge in [-0.1, -0.05) is 0 Å². The van der Waals surface area contributed by atoms with Crippen molar-refractivity contribution in [2.45, 2.75) is 19.3 Å². The van der Waals surface area contributed by atoms with E-state index in [9.17, 15) is 13.6 Å². The number of fused-ring (bicyclic) bond motifs is 1. The van der Waals surface area contributed by atoms with Crippen molar-refractivity contribution in [1.29, 1.82) is 0 Å². The summed E-state index contributed by atoms with van der Waals surface area (Å²) in [6.07, 6.45) is 2.26. The molecule has 0 atom stereocenters. The van der Waals surface area contributed by atoms with Crippen LogP contribution in [0, 0.1) is 11.6 Å². The molecule has 19 heavy (non-hydrogen) atoms. The van der Waals surface area contributed by atoms with E-state index in [1.165, 1.54) is 0 Å². The van der Waals surface area contributed by atoms with Crippen molar-refractivity contribution in [3.05, 3.63) is 49.9 Å². The lowest BCUT2D eigenvalue weighted by atomic mass is 10.1. The summed E-state index contributed by atoms with van der Waals surface area (Å²) in [4.78, 5) is 18.6. The maximum atomic E-state index is 13.8. The number of hydrogen-bond donors (Lipinski definition) is 1. The average molecular weight is 327 g/mol. The molecule has 1 N–H and O–H groups in total. The highest BCUT2D eigenvalue weighted by Gasteiger charge is 2.19. The van der Waals surface area contributed by atoms with Gasteiger partial charge >= 0.3 is 0 Å². The number of halogens is 3. The Morgan fingerprint density at radius 1 is 1.21 bits per heavy atom. The Morgan fingerprint density at radius 3 is 2.79 bits per heavy atom. The molecule has 0 saturated heterocycles. The summed E-state index contributed by atoms with van der Waals surface area (Å²) in [5, 5.41) is 0. The zero-order valence-corrected chi connectivity index (χ0v) is 11.4. The van der Waals surface area contributed by atoms with E-state index in [4.69, 9.17) is 0 Å². The predicted molar refractivity (Wildman–Crippen MR) is 69.9 cm³/mol. The minimum atomic E-state index is -0.630. The van der Waals surface area contributed by atoms with Gasteiger partial charge in [0.1, 0.15) is 17.5 Å². The van der Waals surface area contributed by atoms with E-state index in [0.29, 0.717) is 24.1 Å². The smallest absolute Gasteiger partial charge is 0.254 e. The first-order valence-electron chi connectivity index (χ1n) is 5.83. The maximum absolute atomic E-state index is 13.8. The van der Waals surface area contributed by atoms with Crippen LogP contribution in [0.4, 0.5) is 8.78 Å². The summed E-state index contributed by atoms with van der Waals surface area (Å²) >= 11 is 2.91. The zero-order chi connectivity index (χ0) is 13.6. The topological polar surface area (TPSA) is 45.8 Å². The molecular formula is C13H9BrF2N2O. The molecule has 1 aromatic heterocycles. The zero-order valence-electron chi connectivity index (χ0n) is 9.77. The summed E-state index contributed by atoms with van der Waals surface area (Å²) in [5.74, 6) is -1.15. The monoisotopic (exact) mass is 326 g/mol. The molecule has 0 radical (unpaired) electrons. The second-order valence-electron chi connectivity index (χ2n) is 4.44. The van der Waals surface area contributed by atoms with Gasteiger partial charge in [0.2, 0.25) is 0 Å². The highest BCUT2D eigenvalue weighted by Crippen LogP contribution is 2.26. The number of nitrogens with one attached hydrogen (secondary N) is 1. The summed E-state index contributed by atoms with van der Waals surface area (Å²) in [6, 6.07) is 2.05. The third kappa shape index (κ3) is 2.10. The Labute approximate surface area is 115 Å². The molecule has 0 aliphatic heterocycles. The molecule has 6 heteroatoms. The Bertz CT molecular complexity index is 727. The number of nitrogens with zero attached hydrogens (tertiary/aromatic N) is 1. The van der Waals surface area contributed by atoms with E-state index in [-0.39, 0.29) is 21.4 Å². The minimum Gasteiger partial charge on any atom is -0.306 e. The third-order valence-electron chi connectivity index (χ3n) is 3.21. The lowest BCUT2D eigenvalue weighted by Crippen LogP contribution is -2.15. The van der Waals surface area contributed by atoms with Gasteiger partial charge in [-0.15, -0.1) is 0 Å². The number of benzene rings is 1. The molecule has 1 heterocycles. The fourth-order valence-electron chi connectivity index (χ4n) is 2.27. The number of aromatic nitrogens is 2. The van der Waals surface area contributed by atoms with Gasteiger partial charge in [-0.05, 0) is 47.3 Å². The van der Waals surface area contributed by atoms with Crippen molar-refractivity contribution in [1.82, 2.24) is 9.97 Å². The quantitative estimate of drug-likeness (QED) is 0.819. The minimum absolute atomic E-state index is 0.0347. The van der Waals surface area contributed by atoms with E-state index in [1.54, 1.807) is 0 Å². The second-order valence-corrected chi connectivity index (χ2v) is 5.29. The van der Waals surface area contributed by atoms with Crippen LogP contribution in [-0.2, 0) is 12.8 Å². The van der Waals surface area contributed by atoms with E-state index in [0.717, 1.165) is 18.6 Å². The van der Waals surface area contributed by atoms with Gasteiger partial charge in [-0.25, -0.2) is 13.8 Å². The van der Waals surface area contributed by atoms with Gasteiger partial charge < -0.3 is 4.98 Å². The van der Waals surface area contributed by atoms with Crippen LogP contribution < -0.4 is 5.56 Å². The number of aryl methyl sites for hydroxylation is 1. The van der Waals surface area contributed by atoms with E-state index >= 15 is 0 Å². The maximum Gasteiger partial charge on any atom is 0.254 e. The number of H-pyrrole nitrogens is 1. The van der Waals surface area contributed by atoms with E-state index in [2.05, 4.69) is 25.9 Å². The second kappa shape index (κ2) is 4.52. The molecule has 1 aromatic carbocycles. The molecule has 0 fully saturated rings. The van der Waals surface area contributed by atoms with Crippen LogP contribution >= 0.6 is 15.9 Å². The molecule has 0 saturated carbocycles. The molecule has 3 nitrogen and oxygen atoms in total. The van der Waals surface area contributed by atoms with Crippen LogP contribution in [-0.4, -0.2) is 9.97 Å². The molecule has 0 bridgehead atoms. The first-order chi connectivity index (χ1) is 9.06. The third-order valence-corrected chi connectivity index (χ3v) is 3.81. The molecule has 0 amide bonds. The lowest BCUT2D eigenvalue weighted by Gasteiger charge is -2.06. The fraction of sp³-hybridized carbons (Fsp3) is 0.231. The van der Waals surface area contributed by atoms with E-state index in [1.807, 2.05) is 0 Å². The molecule has 0 unspecified atom stereocenters. The Morgan fingerprint density at radius 2 is 2.00 bits per heavy atom. The normalized spacial score (nSPS) is 13.6. The number of rotatable bonds is 1. The summed E-state index contributed by atoms with van der Waals surface area (Å²) in [6.45, 7) is 0. The van der Waals surface area contributed by atoms with Crippen LogP contribution in [0.25, 0.3) is 11.4 Å². The standard InChI is InChI=1S/C13H9BrF2N2O/c14-8-5-9(15)7(4-10(8)16)12-17-11-3-1-2-6(11)13(19)18-12/h4-5H,1-3H2,(H,17,18,19). The molecule has 1 aliphatic rings. The first-order valence-corrected chi connectivity index (χ1v) is 6.62. The van der Waals surface area contributed by atoms with Crippen LogP contribution in [0.1, 0.15) is 17.7 Å². The highest BCUT2D eigenvalue weighted by atomic mass is 79.9. The first kappa shape index (κ1) is 12.5. The molecule has 98 valence electrons. The van der Waals surface area contributed by atoms with Crippen LogP contribution in [0.5, 0.6) is 0 Å². The van der Waals surface area contributed by atoms with Crippen LogP contribution in [0.2, 0.25) is 0 Å². The molecular weight excluding hydrogens is 318 g/mol. The molecule has 3 rings (SSSR count). The largest absolute Gasteiger partial charge is 0.306 e. The van der Waals surface area contributed by atoms with Gasteiger partial charge in [0.25, 0.3) is 5.56 Å². The SMILES string of the molecule is O=c1[nH]c(-c2cc(F)c(Br)cc2F)nc2c1CCC2. The summed E-state index contributed by atoms with van der Waals surface area (Å²) in [5.41, 5.74) is 1.04. The fourth-order valence-corrected chi connectivity index (χ4v) is 2.59. The Balaban J connectivity index is 2.21. The number of aromatic amines is 1. The number of hydrogen-bond acceptors (Lipinski definition) is 2. The predicted octanol–water partition coefficient (Wildman–Crippen LogP) is 2.97. The average Bonchev–Trinajstić information content (AvgIpc) is 2.82. The van der Waals surface area contributed by atoms with Crippen LogP contribution in [0.15, 0.2) is 21.4 Å². The van der Waals surface area contributed by atoms with Crippen molar-refractivity contribution < 1.29 is 8.78 Å². The van der Waals surface area contributed by atoms with Crippen molar-refractivity contribution in [3.8, 4) is 11.4 Å². The van der Waals surface area contributed by atoms with Gasteiger partial charge in [-0.3, -0.25) is 4.79 Å². The molecule has 1 aliphatic carbocycles. The Kier molecular flexibility index (Phi) is 2.97. The molecule has 0 spiro atoms. The van der Waals surface area contributed by atoms with Crippen molar-refractivity contribution >= 4 is 15.9 Å². The van der Waals surface area contributed by atoms with Crippen LogP contribution in [0.3, 0.4) is 0 Å². The summed E-state index contributed by atoms with van der Waals surface area (Å²) in [7, 11) is 0. The van der Waals surface area contributed by atoms with Gasteiger partial charge in [-0.2, -0.15) is 0 Å². The lowest BCUT2D eigenvalue weighted by molar-refractivity contribution is 0.596. The van der Waals surface area contributed by atoms with Gasteiger partial charge in [0.15, 0.2) is 0 Å². The Hall–Kier alpha value is -1.56. The molecule has 2 aromatic rings. The summed E-state index contributed by atoms with van der Waals surface area (Å²) < 4.78 is 27.4. The van der Waals surface area contributed by atoms with Gasteiger partial charge in [0, 0.05) is 5.56 Å². The van der Waals surface area contributed by atoms with Gasteiger partial charge in [0.05, 0.1) is 15.7 Å². The van der Waals surface area contributed by atoms with Crippen molar-refractivity contribution in [2.75, 3.05) is 0 Å². The van der Waals surface area contributed by atoms with Crippen molar-refractivity contribution in [3.63, 3.8) is 0 Å².